The lowest BCUT2D eigenvalue weighted by atomic mass is 10.1. The number of nitrogens with one attached hydrogen (secondary N) is 1. The van der Waals surface area contributed by atoms with Crippen LogP contribution >= 0.6 is 11.6 Å². The Balaban J connectivity index is 2.09. The van der Waals surface area contributed by atoms with Gasteiger partial charge in [0.1, 0.15) is 12.4 Å². The van der Waals surface area contributed by atoms with Crippen molar-refractivity contribution in [1.82, 2.24) is 5.32 Å². The van der Waals surface area contributed by atoms with Crippen LogP contribution in [0, 0.1) is 5.92 Å². The second-order valence-electron chi connectivity index (χ2n) is 4.02. The van der Waals surface area contributed by atoms with Crippen LogP contribution in [0.3, 0.4) is 0 Å². The predicted octanol–water partition coefficient (Wildman–Crippen LogP) is 3.35. The van der Waals surface area contributed by atoms with Gasteiger partial charge >= 0.3 is 0 Å². The van der Waals surface area contributed by atoms with Gasteiger partial charge in [0.2, 0.25) is 0 Å². The molecule has 0 aliphatic rings. The van der Waals surface area contributed by atoms with E-state index in [9.17, 15) is 0 Å². The van der Waals surface area contributed by atoms with E-state index in [1.54, 1.807) is 0 Å². The zero-order valence-corrected chi connectivity index (χ0v) is 10.8. The maximum atomic E-state index is 5.78. The average molecular weight is 242 g/mol. The molecule has 0 saturated heterocycles. The van der Waals surface area contributed by atoms with Crippen molar-refractivity contribution in [2.45, 2.75) is 20.3 Å². The van der Waals surface area contributed by atoms with Gasteiger partial charge in [0.15, 0.2) is 0 Å². The van der Waals surface area contributed by atoms with Gasteiger partial charge < -0.3 is 10.1 Å². The summed E-state index contributed by atoms with van der Waals surface area (Å²) < 4.78 is 5.56. The number of ether oxygens (including phenoxy) is 1. The van der Waals surface area contributed by atoms with Crippen molar-refractivity contribution in [2.24, 2.45) is 5.92 Å². The molecule has 0 aliphatic heterocycles. The fourth-order valence-corrected chi connectivity index (χ4v) is 1.39. The molecule has 1 atom stereocenters. The van der Waals surface area contributed by atoms with Gasteiger partial charge in [-0.2, -0.15) is 0 Å². The molecular weight excluding hydrogens is 222 g/mol. The molecule has 0 spiro atoms. The molecule has 0 radical (unpaired) electrons. The number of hydrogen-bond acceptors (Lipinski definition) is 2. The molecule has 2 nitrogen and oxygen atoms in total. The lowest BCUT2D eigenvalue weighted by Crippen LogP contribution is -2.25. The van der Waals surface area contributed by atoms with E-state index in [0.29, 0.717) is 6.61 Å². The molecule has 0 heterocycles. The Morgan fingerprint density at radius 3 is 2.62 bits per heavy atom. The highest BCUT2D eigenvalue weighted by molar-refractivity contribution is 6.30. The maximum absolute atomic E-state index is 5.78. The zero-order valence-electron chi connectivity index (χ0n) is 10.0. The molecule has 1 aromatic carbocycles. The highest BCUT2D eigenvalue weighted by Gasteiger charge is 1.97. The molecule has 1 rings (SSSR count). The maximum Gasteiger partial charge on any atom is 0.119 e. The van der Waals surface area contributed by atoms with Crippen molar-refractivity contribution in [1.29, 1.82) is 0 Å². The van der Waals surface area contributed by atoms with E-state index in [1.165, 1.54) is 6.42 Å². The van der Waals surface area contributed by atoms with Gasteiger partial charge in [-0.05, 0) is 36.7 Å². The van der Waals surface area contributed by atoms with Gasteiger partial charge in [0.05, 0.1) is 0 Å². The molecule has 0 aromatic heterocycles. The van der Waals surface area contributed by atoms with E-state index >= 15 is 0 Å². The summed E-state index contributed by atoms with van der Waals surface area (Å²) in [4.78, 5) is 0. The summed E-state index contributed by atoms with van der Waals surface area (Å²) >= 11 is 5.78. The monoisotopic (exact) mass is 241 g/mol. The van der Waals surface area contributed by atoms with Crippen LogP contribution in [-0.4, -0.2) is 19.7 Å². The fourth-order valence-electron chi connectivity index (χ4n) is 1.26. The van der Waals surface area contributed by atoms with Crippen LogP contribution in [0.25, 0.3) is 0 Å². The highest BCUT2D eigenvalue weighted by Crippen LogP contribution is 2.15. The van der Waals surface area contributed by atoms with Crippen LogP contribution in [0.4, 0.5) is 0 Å². The largest absolute Gasteiger partial charge is 0.492 e. The molecule has 16 heavy (non-hydrogen) atoms. The third-order valence-corrected chi connectivity index (χ3v) is 2.80. The van der Waals surface area contributed by atoms with E-state index in [4.69, 9.17) is 16.3 Å². The van der Waals surface area contributed by atoms with Crippen LogP contribution in [0.5, 0.6) is 5.75 Å². The van der Waals surface area contributed by atoms with Crippen molar-refractivity contribution < 1.29 is 4.74 Å². The van der Waals surface area contributed by atoms with Gasteiger partial charge in [0, 0.05) is 11.6 Å². The minimum Gasteiger partial charge on any atom is -0.492 e. The summed E-state index contributed by atoms with van der Waals surface area (Å²) in [6.07, 6.45) is 1.21. The number of benzene rings is 1. The molecule has 3 heteroatoms. The summed E-state index contributed by atoms with van der Waals surface area (Å²) in [5, 5.41) is 4.10. The second kappa shape index (κ2) is 7.53. The highest BCUT2D eigenvalue weighted by atomic mass is 35.5. The van der Waals surface area contributed by atoms with Crippen LogP contribution in [0.2, 0.25) is 5.02 Å². The SMILES string of the molecule is CCC(C)CNCCOc1ccc(Cl)cc1. The van der Waals surface area contributed by atoms with E-state index < -0.39 is 0 Å². The standard InChI is InChI=1S/C13H20ClNO/c1-3-11(2)10-15-8-9-16-13-6-4-12(14)5-7-13/h4-7,11,15H,3,8-10H2,1-2H3. The van der Waals surface area contributed by atoms with E-state index in [2.05, 4.69) is 19.2 Å². The topological polar surface area (TPSA) is 21.3 Å². The molecule has 1 N–H and O–H groups in total. The Morgan fingerprint density at radius 1 is 1.31 bits per heavy atom. The van der Waals surface area contributed by atoms with E-state index in [1.807, 2.05) is 24.3 Å². The summed E-state index contributed by atoms with van der Waals surface area (Å²) in [7, 11) is 0. The van der Waals surface area contributed by atoms with Crippen LogP contribution in [0.15, 0.2) is 24.3 Å². The van der Waals surface area contributed by atoms with Crippen molar-refractivity contribution in [2.75, 3.05) is 19.7 Å². The molecule has 0 bridgehead atoms. The summed E-state index contributed by atoms with van der Waals surface area (Å²) in [5.41, 5.74) is 0. The molecular formula is C13H20ClNO. The Kier molecular flexibility index (Phi) is 6.27. The number of hydrogen-bond donors (Lipinski definition) is 1. The lowest BCUT2D eigenvalue weighted by Gasteiger charge is -2.10. The van der Waals surface area contributed by atoms with Crippen molar-refractivity contribution >= 4 is 11.6 Å². The number of halogens is 1. The minimum absolute atomic E-state index is 0.693. The fraction of sp³-hybridized carbons (Fsp3) is 0.538. The van der Waals surface area contributed by atoms with Crippen LogP contribution < -0.4 is 10.1 Å². The van der Waals surface area contributed by atoms with Gasteiger partial charge in [-0.3, -0.25) is 0 Å². The second-order valence-corrected chi connectivity index (χ2v) is 4.46. The molecule has 0 amide bonds. The van der Waals surface area contributed by atoms with Gasteiger partial charge in [-0.25, -0.2) is 0 Å². The third-order valence-electron chi connectivity index (χ3n) is 2.55. The van der Waals surface area contributed by atoms with E-state index in [0.717, 1.165) is 29.8 Å². The van der Waals surface area contributed by atoms with Crippen molar-refractivity contribution in [3.8, 4) is 5.75 Å². The first kappa shape index (κ1) is 13.3. The van der Waals surface area contributed by atoms with E-state index in [-0.39, 0.29) is 0 Å². The molecule has 0 saturated carbocycles. The summed E-state index contributed by atoms with van der Waals surface area (Å²) in [6.45, 7) is 7.08. The summed E-state index contributed by atoms with van der Waals surface area (Å²) in [6, 6.07) is 7.45. The van der Waals surface area contributed by atoms with Crippen molar-refractivity contribution in [3.63, 3.8) is 0 Å². The Morgan fingerprint density at radius 2 is 2.00 bits per heavy atom. The molecule has 1 unspecified atom stereocenters. The minimum atomic E-state index is 0.693. The first-order chi connectivity index (χ1) is 7.72. The Hall–Kier alpha value is -0.730. The quantitative estimate of drug-likeness (QED) is 0.740. The molecule has 0 fully saturated rings. The normalized spacial score (nSPS) is 12.4. The number of rotatable bonds is 7. The summed E-state index contributed by atoms with van der Waals surface area (Å²) in [5.74, 6) is 1.60. The van der Waals surface area contributed by atoms with Gasteiger partial charge in [-0.1, -0.05) is 31.9 Å². The van der Waals surface area contributed by atoms with Gasteiger partial charge in [-0.15, -0.1) is 0 Å². The molecule has 0 aliphatic carbocycles. The lowest BCUT2D eigenvalue weighted by molar-refractivity contribution is 0.309. The first-order valence-electron chi connectivity index (χ1n) is 5.81. The predicted molar refractivity (Wildman–Crippen MR) is 69.3 cm³/mol. The Bertz CT molecular complexity index is 286. The van der Waals surface area contributed by atoms with Crippen LogP contribution in [-0.2, 0) is 0 Å². The smallest absolute Gasteiger partial charge is 0.119 e. The van der Waals surface area contributed by atoms with Crippen molar-refractivity contribution in [3.05, 3.63) is 29.3 Å². The average Bonchev–Trinajstić information content (AvgIpc) is 2.31. The molecule has 1 aromatic rings. The first-order valence-corrected chi connectivity index (χ1v) is 6.19. The zero-order chi connectivity index (χ0) is 11.8. The van der Waals surface area contributed by atoms with Crippen LogP contribution in [0.1, 0.15) is 20.3 Å². The third kappa shape index (κ3) is 5.38. The van der Waals surface area contributed by atoms with Gasteiger partial charge in [0.25, 0.3) is 0 Å². The molecule has 90 valence electrons. The Labute approximate surface area is 103 Å².